The number of aromatic nitrogens is 1. The molecule has 0 atom stereocenters. The van der Waals surface area contributed by atoms with Crippen LogP contribution in [0.3, 0.4) is 0 Å². The van der Waals surface area contributed by atoms with Gasteiger partial charge in [0.05, 0.1) is 0 Å². The van der Waals surface area contributed by atoms with Crippen LogP contribution in [0.4, 0.5) is 10.2 Å². The Kier molecular flexibility index (Phi) is 3.23. The highest BCUT2D eigenvalue weighted by atomic mass is 19.1. The summed E-state index contributed by atoms with van der Waals surface area (Å²) in [5, 5.41) is 0. The second kappa shape index (κ2) is 4.82. The molecule has 0 bridgehead atoms. The predicted molar refractivity (Wildman–Crippen MR) is 64.1 cm³/mol. The van der Waals surface area contributed by atoms with Crippen molar-refractivity contribution in [2.45, 2.75) is 13.5 Å². The highest BCUT2D eigenvalue weighted by Gasteiger charge is 2.03. The number of hydrogen-bond acceptors (Lipinski definition) is 3. The van der Waals surface area contributed by atoms with Crippen molar-refractivity contribution in [3.63, 3.8) is 0 Å². The van der Waals surface area contributed by atoms with Gasteiger partial charge in [0.15, 0.2) is 11.6 Å². The maximum Gasteiger partial charge on any atom is 0.165 e. The van der Waals surface area contributed by atoms with Crippen LogP contribution in [0.5, 0.6) is 5.75 Å². The van der Waals surface area contributed by atoms with Crippen LogP contribution in [0.25, 0.3) is 0 Å². The Morgan fingerprint density at radius 1 is 1.29 bits per heavy atom. The third-order valence-corrected chi connectivity index (χ3v) is 2.33. The predicted octanol–water partition coefficient (Wildman–Crippen LogP) is 2.69. The van der Waals surface area contributed by atoms with Crippen LogP contribution in [0.1, 0.15) is 11.1 Å². The van der Waals surface area contributed by atoms with E-state index in [1.807, 2.05) is 6.92 Å². The normalized spacial score (nSPS) is 10.2. The van der Waals surface area contributed by atoms with E-state index in [0.717, 1.165) is 11.1 Å². The Labute approximate surface area is 99.1 Å². The minimum absolute atomic E-state index is 0.252. The molecule has 0 spiro atoms. The third-order valence-electron chi connectivity index (χ3n) is 2.33. The van der Waals surface area contributed by atoms with Crippen molar-refractivity contribution in [2.24, 2.45) is 0 Å². The number of benzene rings is 1. The van der Waals surface area contributed by atoms with Crippen molar-refractivity contribution >= 4 is 5.82 Å². The van der Waals surface area contributed by atoms with E-state index in [0.29, 0.717) is 5.82 Å². The largest absolute Gasteiger partial charge is 0.486 e. The number of nitrogen functional groups attached to an aromatic ring is 1. The second-order valence-corrected chi connectivity index (χ2v) is 3.81. The molecule has 0 aliphatic carbocycles. The van der Waals surface area contributed by atoms with Gasteiger partial charge >= 0.3 is 0 Å². The van der Waals surface area contributed by atoms with E-state index in [4.69, 9.17) is 10.5 Å². The number of anilines is 1. The number of hydrogen-bond donors (Lipinski definition) is 1. The first-order valence-corrected chi connectivity index (χ1v) is 5.24. The first-order chi connectivity index (χ1) is 8.15. The molecule has 0 radical (unpaired) electrons. The van der Waals surface area contributed by atoms with Crippen LogP contribution in [0.2, 0.25) is 0 Å². The zero-order chi connectivity index (χ0) is 12.3. The van der Waals surface area contributed by atoms with Crippen LogP contribution in [0.15, 0.2) is 36.5 Å². The Morgan fingerprint density at radius 2 is 2.12 bits per heavy atom. The zero-order valence-corrected chi connectivity index (χ0v) is 9.48. The lowest BCUT2D eigenvalue weighted by molar-refractivity contribution is 0.289. The monoisotopic (exact) mass is 232 g/mol. The molecule has 0 saturated heterocycles. The molecular formula is C13H13FN2O. The van der Waals surface area contributed by atoms with Crippen LogP contribution in [0, 0.1) is 12.7 Å². The lowest BCUT2D eigenvalue weighted by atomic mass is 10.2. The van der Waals surface area contributed by atoms with Crippen molar-refractivity contribution in [2.75, 3.05) is 5.73 Å². The summed E-state index contributed by atoms with van der Waals surface area (Å²) < 4.78 is 18.8. The molecule has 0 fully saturated rings. The smallest absolute Gasteiger partial charge is 0.165 e. The average Bonchev–Trinajstić information content (AvgIpc) is 2.32. The van der Waals surface area contributed by atoms with Gasteiger partial charge in [0.2, 0.25) is 0 Å². The van der Waals surface area contributed by atoms with Gasteiger partial charge in [-0.15, -0.1) is 0 Å². The molecule has 3 nitrogen and oxygen atoms in total. The van der Waals surface area contributed by atoms with Crippen LogP contribution < -0.4 is 10.5 Å². The van der Waals surface area contributed by atoms with E-state index in [1.54, 1.807) is 30.5 Å². The topological polar surface area (TPSA) is 48.1 Å². The highest BCUT2D eigenvalue weighted by molar-refractivity contribution is 5.31. The lowest BCUT2D eigenvalue weighted by Crippen LogP contribution is -1.99. The molecule has 1 heterocycles. The van der Waals surface area contributed by atoms with Gasteiger partial charge in [-0.3, -0.25) is 0 Å². The van der Waals surface area contributed by atoms with Crippen molar-refractivity contribution in [3.8, 4) is 5.75 Å². The fourth-order valence-electron chi connectivity index (χ4n) is 1.40. The molecule has 0 aliphatic heterocycles. The van der Waals surface area contributed by atoms with E-state index < -0.39 is 0 Å². The summed E-state index contributed by atoms with van der Waals surface area (Å²) >= 11 is 0. The fraction of sp³-hybridized carbons (Fsp3) is 0.154. The summed E-state index contributed by atoms with van der Waals surface area (Å²) in [5.41, 5.74) is 7.27. The van der Waals surface area contributed by atoms with E-state index in [1.165, 1.54) is 6.07 Å². The summed E-state index contributed by atoms with van der Waals surface area (Å²) in [4.78, 5) is 3.94. The molecule has 2 rings (SSSR count). The minimum atomic E-state index is -0.362. The maximum absolute atomic E-state index is 13.4. The Bertz CT molecular complexity index is 511. The average molecular weight is 232 g/mol. The molecule has 0 amide bonds. The molecule has 0 unspecified atom stereocenters. The zero-order valence-electron chi connectivity index (χ0n) is 9.48. The maximum atomic E-state index is 13.4. The SMILES string of the molecule is Cc1ccc(F)c(OCc2ccc(N)nc2)c1. The molecule has 2 N–H and O–H groups in total. The van der Waals surface area contributed by atoms with Gasteiger partial charge in [0, 0.05) is 11.8 Å². The summed E-state index contributed by atoms with van der Waals surface area (Å²) in [7, 11) is 0. The molecule has 2 aromatic rings. The molecule has 4 heteroatoms. The lowest BCUT2D eigenvalue weighted by Gasteiger charge is -2.08. The number of nitrogens with zero attached hydrogens (tertiary/aromatic N) is 1. The number of ether oxygens (including phenoxy) is 1. The summed E-state index contributed by atoms with van der Waals surface area (Å²) in [6, 6.07) is 8.25. The van der Waals surface area contributed by atoms with Crippen LogP contribution >= 0.6 is 0 Å². The van der Waals surface area contributed by atoms with Gasteiger partial charge < -0.3 is 10.5 Å². The van der Waals surface area contributed by atoms with Crippen LogP contribution in [-0.2, 0) is 6.61 Å². The Morgan fingerprint density at radius 3 is 2.82 bits per heavy atom. The van der Waals surface area contributed by atoms with Gasteiger partial charge in [0.1, 0.15) is 12.4 Å². The van der Waals surface area contributed by atoms with Gasteiger partial charge in [-0.05, 0) is 30.7 Å². The summed E-state index contributed by atoms with van der Waals surface area (Å²) in [6.07, 6.45) is 1.61. The van der Waals surface area contributed by atoms with Gasteiger partial charge in [-0.1, -0.05) is 12.1 Å². The van der Waals surface area contributed by atoms with E-state index in [2.05, 4.69) is 4.98 Å². The van der Waals surface area contributed by atoms with E-state index >= 15 is 0 Å². The molecule has 88 valence electrons. The highest BCUT2D eigenvalue weighted by Crippen LogP contribution is 2.19. The first-order valence-electron chi connectivity index (χ1n) is 5.24. The van der Waals surface area contributed by atoms with Gasteiger partial charge in [-0.2, -0.15) is 0 Å². The molecule has 0 saturated carbocycles. The molecule has 17 heavy (non-hydrogen) atoms. The van der Waals surface area contributed by atoms with Gasteiger partial charge in [0.25, 0.3) is 0 Å². The molecule has 1 aromatic heterocycles. The number of nitrogens with two attached hydrogens (primary N) is 1. The number of rotatable bonds is 3. The summed E-state index contributed by atoms with van der Waals surface area (Å²) in [5.74, 6) is 0.344. The number of halogens is 1. The minimum Gasteiger partial charge on any atom is -0.486 e. The molecule has 1 aromatic carbocycles. The van der Waals surface area contributed by atoms with Crippen LogP contribution in [-0.4, -0.2) is 4.98 Å². The number of aryl methyl sites for hydroxylation is 1. The van der Waals surface area contributed by atoms with E-state index in [-0.39, 0.29) is 18.2 Å². The Balaban J connectivity index is 2.07. The standard InChI is InChI=1S/C13H13FN2O/c1-9-2-4-11(14)12(6-9)17-8-10-3-5-13(15)16-7-10/h2-7H,8H2,1H3,(H2,15,16). The molecular weight excluding hydrogens is 219 g/mol. The van der Waals surface area contributed by atoms with Gasteiger partial charge in [-0.25, -0.2) is 9.37 Å². The Hall–Kier alpha value is -2.10. The van der Waals surface area contributed by atoms with Crippen molar-refractivity contribution < 1.29 is 9.13 Å². The summed E-state index contributed by atoms with van der Waals surface area (Å²) in [6.45, 7) is 2.16. The van der Waals surface area contributed by atoms with E-state index in [9.17, 15) is 4.39 Å². The molecule has 0 aliphatic rings. The first kappa shape index (κ1) is 11.4. The third kappa shape index (κ3) is 2.93. The van der Waals surface area contributed by atoms with Crippen molar-refractivity contribution in [1.82, 2.24) is 4.98 Å². The fourth-order valence-corrected chi connectivity index (χ4v) is 1.40. The van der Waals surface area contributed by atoms with Crippen molar-refractivity contribution in [3.05, 3.63) is 53.5 Å². The second-order valence-electron chi connectivity index (χ2n) is 3.81. The van der Waals surface area contributed by atoms with Crippen molar-refractivity contribution in [1.29, 1.82) is 0 Å². The number of pyridine rings is 1. The quantitative estimate of drug-likeness (QED) is 0.885.